The van der Waals surface area contributed by atoms with Gasteiger partial charge in [0, 0.05) is 24.6 Å². The summed E-state index contributed by atoms with van der Waals surface area (Å²) >= 11 is 0. The first-order chi connectivity index (χ1) is 11.9. The highest BCUT2D eigenvalue weighted by Gasteiger charge is 2.35. The molecule has 1 heterocycles. The lowest BCUT2D eigenvalue weighted by Crippen LogP contribution is -2.33. The lowest BCUT2D eigenvalue weighted by Gasteiger charge is -2.21. The predicted molar refractivity (Wildman–Crippen MR) is 86.4 cm³/mol. The summed E-state index contributed by atoms with van der Waals surface area (Å²) in [5, 5.41) is 0. The molecule has 0 saturated heterocycles. The van der Waals surface area contributed by atoms with E-state index in [2.05, 4.69) is 0 Å². The van der Waals surface area contributed by atoms with Gasteiger partial charge in [0.25, 0.3) is 0 Å². The van der Waals surface area contributed by atoms with Crippen LogP contribution in [0.5, 0.6) is 0 Å². The number of rotatable bonds is 6. The smallest absolute Gasteiger partial charge is 0.417 e. The van der Waals surface area contributed by atoms with Crippen LogP contribution in [-0.4, -0.2) is 23.4 Å². The van der Waals surface area contributed by atoms with Crippen molar-refractivity contribution in [3.63, 3.8) is 0 Å². The van der Waals surface area contributed by atoms with Gasteiger partial charge in [-0.1, -0.05) is 18.2 Å². The number of carbonyl (C=O) groups excluding carboxylic acids is 1. The number of alkyl halides is 3. The molecule has 0 radical (unpaired) electrons. The van der Waals surface area contributed by atoms with Crippen molar-refractivity contribution in [3.05, 3.63) is 47.7 Å². The van der Waals surface area contributed by atoms with Crippen molar-refractivity contribution >= 4 is 5.91 Å². The van der Waals surface area contributed by atoms with E-state index in [9.17, 15) is 18.0 Å². The van der Waals surface area contributed by atoms with Gasteiger partial charge < -0.3 is 15.1 Å². The second kappa shape index (κ2) is 6.92. The van der Waals surface area contributed by atoms with Crippen LogP contribution in [-0.2, 0) is 17.5 Å². The van der Waals surface area contributed by atoms with Gasteiger partial charge in [-0.25, -0.2) is 0 Å². The van der Waals surface area contributed by atoms with Crippen LogP contribution >= 0.6 is 0 Å². The van der Waals surface area contributed by atoms with Crippen LogP contribution in [0.2, 0.25) is 0 Å². The molecule has 134 valence electrons. The SMILES string of the molecule is NCCC(=O)N(Cc1ccc(-c2ccccc2C(F)(F)F)o1)C1CC1. The Morgan fingerprint density at radius 3 is 2.56 bits per heavy atom. The molecule has 1 fully saturated rings. The standard InChI is InChI=1S/C18H19F3N2O2/c19-18(20,21)15-4-2-1-3-14(15)16-8-7-13(25-16)11-23(12-5-6-12)17(24)9-10-22/h1-4,7-8,12H,5-6,9-11,22H2. The summed E-state index contributed by atoms with van der Waals surface area (Å²) in [5.74, 6) is 0.549. The number of benzene rings is 1. The van der Waals surface area contributed by atoms with E-state index < -0.39 is 11.7 Å². The molecule has 1 aliphatic carbocycles. The normalized spacial score (nSPS) is 14.6. The van der Waals surface area contributed by atoms with Crippen LogP contribution in [0.3, 0.4) is 0 Å². The minimum absolute atomic E-state index is 0.00694. The number of amides is 1. The number of halogens is 3. The van der Waals surface area contributed by atoms with E-state index in [4.69, 9.17) is 10.2 Å². The second-order valence-electron chi connectivity index (χ2n) is 6.10. The van der Waals surface area contributed by atoms with E-state index >= 15 is 0 Å². The Morgan fingerprint density at radius 1 is 1.20 bits per heavy atom. The molecule has 2 N–H and O–H groups in total. The monoisotopic (exact) mass is 352 g/mol. The molecule has 7 heteroatoms. The van der Waals surface area contributed by atoms with E-state index in [1.807, 2.05) is 0 Å². The maximum atomic E-state index is 13.1. The Labute approximate surface area is 143 Å². The van der Waals surface area contributed by atoms with Crippen molar-refractivity contribution in [2.24, 2.45) is 5.73 Å². The molecule has 0 aliphatic heterocycles. The Morgan fingerprint density at radius 2 is 1.92 bits per heavy atom. The van der Waals surface area contributed by atoms with Gasteiger partial charge in [-0.2, -0.15) is 13.2 Å². The highest BCUT2D eigenvalue weighted by atomic mass is 19.4. The van der Waals surface area contributed by atoms with Gasteiger partial charge in [0.1, 0.15) is 11.5 Å². The summed E-state index contributed by atoms with van der Waals surface area (Å²) in [6.45, 7) is 0.516. The molecule has 25 heavy (non-hydrogen) atoms. The number of nitrogens with zero attached hydrogens (tertiary/aromatic N) is 1. The van der Waals surface area contributed by atoms with Gasteiger partial charge in [-0.3, -0.25) is 4.79 Å². The van der Waals surface area contributed by atoms with Crippen molar-refractivity contribution in [3.8, 4) is 11.3 Å². The van der Waals surface area contributed by atoms with Gasteiger partial charge >= 0.3 is 6.18 Å². The number of nitrogens with two attached hydrogens (primary N) is 1. The van der Waals surface area contributed by atoms with Crippen molar-refractivity contribution in [2.45, 2.75) is 38.0 Å². The Kier molecular flexibility index (Phi) is 4.85. The summed E-state index contributed by atoms with van der Waals surface area (Å²) < 4.78 is 45.1. The third kappa shape index (κ3) is 4.04. The molecule has 0 atom stereocenters. The van der Waals surface area contributed by atoms with Crippen molar-refractivity contribution in [1.29, 1.82) is 0 Å². The third-order valence-corrected chi connectivity index (χ3v) is 4.15. The summed E-state index contributed by atoms with van der Waals surface area (Å²) in [7, 11) is 0. The maximum absolute atomic E-state index is 13.1. The van der Waals surface area contributed by atoms with Crippen LogP contribution < -0.4 is 5.73 Å². The largest absolute Gasteiger partial charge is 0.459 e. The zero-order valence-corrected chi connectivity index (χ0v) is 13.6. The van der Waals surface area contributed by atoms with Gasteiger partial charge in [0.2, 0.25) is 5.91 Å². The van der Waals surface area contributed by atoms with Gasteiger partial charge in [-0.15, -0.1) is 0 Å². The maximum Gasteiger partial charge on any atom is 0.417 e. The van der Waals surface area contributed by atoms with E-state index in [0.717, 1.165) is 18.9 Å². The van der Waals surface area contributed by atoms with Crippen LogP contribution in [0.15, 0.2) is 40.8 Å². The fourth-order valence-electron chi connectivity index (χ4n) is 2.79. The van der Waals surface area contributed by atoms with Gasteiger partial charge in [0.05, 0.1) is 12.1 Å². The van der Waals surface area contributed by atoms with Gasteiger partial charge in [-0.05, 0) is 31.0 Å². The summed E-state index contributed by atoms with van der Waals surface area (Å²) in [6, 6.07) is 8.59. The number of furan rings is 1. The lowest BCUT2D eigenvalue weighted by molar-refractivity contribution is -0.137. The average Bonchev–Trinajstić information content (AvgIpc) is 3.30. The Hall–Kier alpha value is -2.28. The van der Waals surface area contributed by atoms with Crippen molar-refractivity contribution in [1.82, 2.24) is 4.90 Å². The molecule has 1 aromatic heterocycles. The molecule has 0 bridgehead atoms. The molecular formula is C18H19F3N2O2. The number of hydrogen-bond acceptors (Lipinski definition) is 3. The second-order valence-corrected chi connectivity index (χ2v) is 6.10. The average molecular weight is 352 g/mol. The number of carbonyl (C=O) groups is 1. The first-order valence-electron chi connectivity index (χ1n) is 8.15. The van der Waals surface area contributed by atoms with Crippen molar-refractivity contribution < 1.29 is 22.4 Å². The zero-order valence-electron chi connectivity index (χ0n) is 13.6. The minimum atomic E-state index is -4.46. The van der Waals surface area contributed by atoms with Crippen LogP contribution in [0.25, 0.3) is 11.3 Å². The molecule has 0 unspecified atom stereocenters. The molecule has 1 aliphatic rings. The molecule has 0 spiro atoms. The minimum Gasteiger partial charge on any atom is -0.459 e. The molecule has 4 nitrogen and oxygen atoms in total. The Balaban J connectivity index is 1.82. The van der Waals surface area contributed by atoms with Crippen molar-refractivity contribution in [2.75, 3.05) is 6.54 Å². The first-order valence-corrected chi connectivity index (χ1v) is 8.15. The van der Waals surface area contributed by atoms with E-state index in [1.54, 1.807) is 11.0 Å². The van der Waals surface area contributed by atoms with Crippen LogP contribution in [0, 0.1) is 0 Å². The van der Waals surface area contributed by atoms with Crippen LogP contribution in [0.1, 0.15) is 30.6 Å². The third-order valence-electron chi connectivity index (χ3n) is 4.15. The summed E-state index contributed by atoms with van der Waals surface area (Å²) in [6.07, 6.45) is -2.34. The van der Waals surface area contributed by atoms with E-state index in [1.165, 1.54) is 24.3 Å². The first kappa shape index (κ1) is 17.5. The number of hydrogen-bond donors (Lipinski definition) is 1. The zero-order chi connectivity index (χ0) is 18.0. The summed E-state index contributed by atoms with van der Waals surface area (Å²) in [4.78, 5) is 13.8. The molecule has 2 aromatic rings. The van der Waals surface area contributed by atoms with E-state index in [-0.39, 0.29) is 42.8 Å². The molecule has 1 aromatic carbocycles. The Bertz CT molecular complexity index is 751. The van der Waals surface area contributed by atoms with Gasteiger partial charge in [0.15, 0.2) is 0 Å². The highest BCUT2D eigenvalue weighted by molar-refractivity contribution is 5.77. The molecular weight excluding hydrogens is 333 g/mol. The molecule has 3 rings (SSSR count). The topological polar surface area (TPSA) is 59.5 Å². The van der Waals surface area contributed by atoms with Crippen LogP contribution in [0.4, 0.5) is 13.2 Å². The fraction of sp³-hybridized carbons (Fsp3) is 0.389. The van der Waals surface area contributed by atoms with E-state index in [0.29, 0.717) is 5.76 Å². The quantitative estimate of drug-likeness (QED) is 0.860. The molecule has 1 amide bonds. The highest BCUT2D eigenvalue weighted by Crippen LogP contribution is 2.38. The predicted octanol–water partition coefficient (Wildman–Crippen LogP) is 3.81. The molecule has 1 saturated carbocycles. The summed E-state index contributed by atoms with van der Waals surface area (Å²) in [5.41, 5.74) is 4.69. The fourth-order valence-corrected chi connectivity index (χ4v) is 2.79. The lowest BCUT2D eigenvalue weighted by atomic mass is 10.1.